The van der Waals surface area contributed by atoms with Crippen molar-refractivity contribution in [3.8, 4) is 17.2 Å². The number of hydrogen-bond donors (Lipinski definition) is 1. The van der Waals surface area contributed by atoms with Gasteiger partial charge in [-0.3, -0.25) is 19.9 Å². The fraction of sp³-hybridized carbons (Fsp3) is 0. The maximum Gasteiger partial charge on any atom is 0.290 e. The van der Waals surface area contributed by atoms with Gasteiger partial charge in [0.1, 0.15) is 11.3 Å². The molecule has 6 nitrogen and oxygen atoms in total. The monoisotopic (exact) mass is 381 g/mol. The van der Waals surface area contributed by atoms with E-state index in [9.17, 15) is 9.59 Å². The second-order valence-electron chi connectivity index (χ2n) is 5.41. The first-order chi connectivity index (χ1) is 12.5. The SMILES string of the molecule is N#Cc1ccc(-c2cncc3cc(/C=C4\SC(=O)NC4=O)oc23)c(Cl)c1. The van der Waals surface area contributed by atoms with E-state index in [0.717, 1.165) is 17.1 Å². The highest BCUT2D eigenvalue weighted by atomic mass is 35.5. The lowest BCUT2D eigenvalue weighted by Gasteiger charge is -2.05. The summed E-state index contributed by atoms with van der Waals surface area (Å²) in [6, 6.07) is 8.74. The van der Waals surface area contributed by atoms with E-state index in [1.54, 1.807) is 36.7 Å². The van der Waals surface area contributed by atoms with Gasteiger partial charge in [-0.2, -0.15) is 5.26 Å². The molecule has 1 aliphatic rings. The molecule has 0 bridgehead atoms. The van der Waals surface area contributed by atoms with Crippen molar-refractivity contribution in [1.29, 1.82) is 5.26 Å². The average molecular weight is 382 g/mol. The Bertz CT molecular complexity index is 1160. The van der Waals surface area contributed by atoms with Gasteiger partial charge in [0.25, 0.3) is 11.1 Å². The number of hydrogen-bond acceptors (Lipinski definition) is 6. The number of imide groups is 1. The Balaban J connectivity index is 1.82. The number of aromatic nitrogens is 1. The molecule has 3 aromatic rings. The highest BCUT2D eigenvalue weighted by molar-refractivity contribution is 8.18. The Morgan fingerprint density at radius 2 is 2.08 bits per heavy atom. The van der Waals surface area contributed by atoms with Gasteiger partial charge in [-0.1, -0.05) is 17.7 Å². The molecule has 126 valence electrons. The van der Waals surface area contributed by atoms with Crippen LogP contribution in [0.3, 0.4) is 0 Å². The number of rotatable bonds is 2. The van der Waals surface area contributed by atoms with E-state index in [4.69, 9.17) is 21.3 Å². The fourth-order valence-corrected chi connectivity index (χ4v) is 3.54. The number of carbonyl (C=O) groups is 2. The topological polar surface area (TPSA) is 96.0 Å². The Hall–Kier alpha value is -3.08. The van der Waals surface area contributed by atoms with Crippen molar-refractivity contribution in [1.82, 2.24) is 10.3 Å². The number of carbonyl (C=O) groups excluding carboxylic acids is 2. The summed E-state index contributed by atoms with van der Waals surface area (Å²) in [5, 5.41) is 11.9. The van der Waals surface area contributed by atoms with E-state index >= 15 is 0 Å². The molecule has 0 spiro atoms. The van der Waals surface area contributed by atoms with Crippen LogP contribution in [0.4, 0.5) is 4.79 Å². The third kappa shape index (κ3) is 2.86. The van der Waals surface area contributed by atoms with Crippen molar-refractivity contribution in [2.75, 3.05) is 0 Å². The summed E-state index contributed by atoms with van der Waals surface area (Å²) >= 11 is 7.12. The summed E-state index contributed by atoms with van der Waals surface area (Å²) in [6.45, 7) is 0. The van der Waals surface area contributed by atoms with E-state index in [0.29, 0.717) is 33.1 Å². The van der Waals surface area contributed by atoms with Crippen LogP contribution >= 0.6 is 23.4 Å². The van der Waals surface area contributed by atoms with Gasteiger partial charge in [-0.05, 0) is 30.0 Å². The number of halogens is 1. The molecule has 0 aliphatic carbocycles. The third-order valence-corrected chi connectivity index (χ3v) is 4.87. The van der Waals surface area contributed by atoms with E-state index in [-0.39, 0.29) is 4.91 Å². The predicted octanol–water partition coefficient (Wildman–Crippen LogP) is 4.34. The first-order valence-corrected chi connectivity index (χ1v) is 8.57. The number of nitriles is 1. The van der Waals surface area contributed by atoms with E-state index < -0.39 is 11.1 Å². The lowest BCUT2D eigenvalue weighted by atomic mass is 10.0. The minimum absolute atomic E-state index is 0.264. The molecule has 1 aromatic carbocycles. The number of nitrogens with zero attached hydrogens (tertiary/aromatic N) is 2. The van der Waals surface area contributed by atoms with E-state index in [1.165, 1.54) is 6.08 Å². The molecule has 3 heterocycles. The van der Waals surface area contributed by atoms with E-state index in [1.807, 2.05) is 6.07 Å². The van der Waals surface area contributed by atoms with Crippen LogP contribution in [0.2, 0.25) is 5.02 Å². The third-order valence-electron chi connectivity index (χ3n) is 3.75. The Morgan fingerprint density at radius 1 is 1.23 bits per heavy atom. The zero-order chi connectivity index (χ0) is 18.3. The summed E-state index contributed by atoms with van der Waals surface area (Å²) in [5.41, 5.74) is 2.35. The molecule has 1 N–H and O–H groups in total. The van der Waals surface area contributed by atoms with Crippen LogP contribution in [-0.2, 0) is 4.79 Å². The van der Waals surface area contributed by atoms with Crippen LogP contribution in [0.15, 0.2) is 46.0 Å². The Labute approximate surface area is 156 Å². The van der Waals surface area contributed by atoms with Gasteiger partial charge in [0.2, 0.25) is 0 Å². The van der Waals surface area contributed by atoms with Crippen molar-refractivity contribution < 1.29 is 14.0 Å². The van der Waals surface area contributed by atoms with Crippen molar-refractivity contribution in [3.63, 3.8) is 0 Å². The Kier molecular flexibility index (Phi) is 3.99. The summed E-state index contributed by atoms with van der Waals surface area (Å²) in [4.78, 5) is 27.4. The highest BCUT2D eigenvalue weighted by Crippen LogP contribution is 2.36. The zero-order valence-corrected chi connectivity index (χ0v) is 14.5. The first-order valence-electron chi connectivity index (χ1n) is 7.37. The maximum atomic E-state index is 11.7. The van der Waals surface area contributed by atoms with Crippen molar-refractivity contribution in [2.45, 2.75) is 0 Å². The molecule has 2 aromatic heterocycles. The van der Waals surface area contributed by atoms with Crippen LogP contribution in [0.5, 0.6) is 0 Å². The van der Waals surface area contributed by atoms with Crippen molar-refractivity contribution >= 4 is 51.6 Å². The van der Waals surface area contributed by atoms with Gasteiger partial charge >= 0.3 is 0 Å². The van der Waals surface area contributed by atoms with Crippen LogP contribution in [0, 0.1) is 11.3 Å². The molecule has 1 aliphatic heterocycles. The predicted molar refractivity (Wildman–Crippen MR) is 98.3 cm³/mol. The minimum Gasteiger partial charge on any atom is -0.456 e. The molecule has 8 heteroatoms. The molecule has 0 atom stereocenters. The molecule has 0 radical (unpaired) electrons. The van der Waals surface area contributed by atoms with Gasteiger partial charge in [-0.25, -0.2) is 0 Å². The van der Waals surface area contributed by atoms with Crippen LogP contribution in [0.1, 0.15) is 11.3 Å². The second-order valence-corrected chi connectivity index (χ2v) is 6.83. The van der Waals surface area contributed by atoms with Crippen molar-refractivity contribution in [3.05, 3.63) is 57.9 Å². The fourth-order valence-electron chi connectivity index (χ4n) is 2.60. The molecule has 2 amide bonds. The van der Waals surface area contributed by atoms with E-state index in [2.05, 4.69) is 10.3 Å². The van der Waals surface area contributed by atoms with Crippen LogP contribution in [0.25, 0.3) is 28.2 Å². The van der Waals surface area contributed by atoms with Gasteiger partial charge in [0.05, 0.1) is 16.5 Å². The molecule has 4 rings (SSSR count). The molecule has 1 fully saturated rings. The number of fused-ring (bicyclic) bond motifs is 1. The van der Waals surface area contributed by atoms with Crippen molar-refractivity contribution in [2.24, 2.45) is 0 Å². The molecular weight excluding hydrogens is 374 g/mol. The summed E-state index contributed by atoms with van der Waals surface area (Å²) in [7, 11) is 0. The van der Waals surface area contributed by atoms with Crippen LogP contribution in [-0.4, -0.2) is 16.1 Å². The number of nitrogens with one attached hydrogen (secondary N) is 1. The largest absolute Gasteiger partial charge is 0.456 e. The van der Waals surface area contributed by atoms with Crippen LogP contribution < -0.4 is 5.32 Å². The van der Waals surface area contributed by atoms with Gasteiger partial charge in [-0.15, -0.1) is 0 Å². The number of furan rings is 1. The number of pyridine rings is 1. The summed E-state index contributed by atoms with van der Waals surface area (Å²) in [5.74, 6) is -0.0275. The molecular formula is C18H8ClN3O3S. The quantitative estimate of drug-likeness (QED) is 0.663. The number of benzene rings is 1. The normalized spacial score (nSPS) is 15.5. The van der Waals surface area contributed by atoms with Gasteiger partial charge in [0, 0.05) is 40.0 Å². The molecule has 26 heavy (non-hydrogen) atoms. The lowest BCUT2D eigenvalue weighted by molar-refractivity contribution is -0.115. The summed E-state index contributed by atoms with van der Waals surface area (Å²) in [6.07, 6.45) is 4.76. The smallest absolute Gasteiger partial charge is 0.290 e. The average Bonchev–Trinajstić information content (AvgIpc) is 3.17. The number of amides is 2. The lowest BCUT2D eigenvalue weighted by Crippen LogP contribution is -2.17. The summed E-state index contributed by atoms with van der Waals surface area (Å²) < 4.78 is 5.87. The molecule has 0 saturated carbocycles. The minimum atomic E-state index is -0.450. The Morgan fingerprint density at radius 3 is 2.77 bits per heavy atom. The highest BCUT2D eigenvalue weighted by Gasteiger charge is 2.25. The standard InChI is InChI=1S/C18H8ClN3O3S/c19-14-3-9(6-20)1-2-12(14)13-8-21-7-10-4-11(25-16(10)13)5-15-17(23)22-18(24)26-15/h1-5,7-8H,(H,22,23,24)/b15-5-. The second kappa shape index (κ2) is 6.33. The molecule has 1 saturated heterocycles. The zero-order valence-electron chi connectivity index (χ0n) is 12.9. The van der Waals surface area contributed by atoms with Gasteiger partial charge in [0.15, 0.2) is 0 Å². The number of thioether (sulfide) groups is 1. The van der Waals surface area contributed by atoms with Gasteiger partial charge < -0.3 is 4.42 Å². The first kappa shape index (κ1) is 16.4. The maximum absolute atomic E-state index is 11.7. The molecule has 0 unspecified atom stereocenters.